The molecule has 0 radical (unpaired) electrons. The molecule has 1 amide bonds. The van der Waals surface area contributed by atoms with Gasteiger partial charge in [-0.2, -0.15) is 0 Å². The van der Waals surface area contributed by atoms with Crippen LogP contribution in [0.2, 0.25) is 0 Å². The lowest BCUT2D eigenvalue weighted by Gasteiger charge is -2.47. The number of Topliss-reactive ketones (excluding diaryl/α,β-unsaturated/α-hetero) is 1. The number of aliphatic hydroxyl groups is 1. The van der Waals surface area contributed by atoms with E-state index in [9.17, 15) is 19.5 Å². The molecule has 1 aromatic heterocycles. The number of fused-ring (bicyclic) bond motifs is 1. The quantitative estimate of drug-likeness (QED) is 0.0866. The van der Waals surface area contributed by atoms with Crippen molar-refractivity contribution in [3.05, 3.63) is 30.5 Å². The van der Waals surface area contributed by atoms with Crippen LogP contribution in [0.1, 0.15) is 125 Å². The van der Waals surface area contributed by atoms with Crippen LogP contribution in [0.15, 0.2) is 30.5 Å². The van der Waals surface area contributed by atoms with Crippen molar-refractivity contribution in [1.29, 1.82) is 0 Å². The molecule has 13 atom stereocenters. The highest BCUT2D eigenvalue weighted by atomic mass is 19.1. The number of aryl methyl sites for hydroxylation is 1. The second-order valence-electron chi connectivity index (χ2n) is 18.0. The van der Waals surface area contributed by atoms with Gasteiger partial charge in [-0.05, 0) is 105 Å². The molecule has 376 valence electrons. The third-order valence-electron chi connectivity index (χ3n) is 12.8. The maximum Gasteiger partial charge on any atom is 0.410 e. The predicted molar refractivity (Wildman–Crippen MR) is 256 cm³/mol. The molecule has 3 aliphatic rings. The van der Waals surface area contributed by atoms with Crippen LogP contribution in [0.3, 0.4) is 0 Å². The highest BCUT2D eigenvalue weighted by Crippen LogP contribution is 2.41. The van der Waals surface area contributed by atoms with Crippen molar-refractivity contribution in [2.24, 2.45) is 11.8 Å². The lowest BCUT2D eigenvalue weighted by atomic mass is 9.78. The lowest BCUT2D eigenvalue weighted by Crippen LogP contribution is -2.61. The van der Waals surface area contributed by atoms with Gasteiger partial charge in [-0.3, -0.25) is 14.4 Å². The second-order valence-corrected chi connectivity index (χ2v) is 18.0. The number of nitrogen functional groups attached to an aromatic ring is 1. The van der Waals surface area contributed by atoms with E-state index in [1.54, 1.807) is 36.4 Å². The number of carbonyl (C=O) groups is 3. The van der Waals surface area contributed by atoms with Gasteiger partial charge in [0, 0.05) is 49.5 Å². The molecule has 17 heteroatoms. The van der Waals surface area contributed by atoms with Gasteiger partial charge in [-0.25, -0.2) is 14.0 Å². The number of alkyl halides is 1. The Morgan fingerprint density at radius 2 is 1.68 bits per heavy atom. The molecule has 5 rings (SSSR count). The molecule has 4 heterocycles. The summed E-state index contributed by atoms with van der Waals surface area (Å²) in [5.74, 6) is -3.86. The van der Waals surface area contributed by atoms with Crippen molar-refractivity contribution in [2.75, 3.05) is 40.0 Å². The molecule has 4 unspecified atom stereocenters. The Labute approximate surface area is 390 Å². The summed E-state index contributed by atoms with van der Waals surface area (Å²) in [5, 5.41) is 23.6. The molecular formula is C48H88FN7O9. The van der Waals surface area contributed by atoms with Gasteiger partial charge < -0.3 is 44.7 Å². The summed E-state index contributed by atoms with van der Waals surface area (Å²) in [5.41, 5.74) is 2.37. The minimum atomic E-state index is -3.13. The predicted octanol–water partition coefficient (Wildman–Crippen LogP) is 7.56. The fourth-order valence-corrected chi connectivity index (χ4v) is 9.46. The number of rotatable bonds is 11. The van der Waals surface area contributed by atoms with E-state index in [1.807, 2.05) is 64.2 Å². The monoisotopic (exact) mass is 926 g/mol. The number of methoxy groups -OCH3 is 1. The van der Waals surface area contributed by atoms with Gasteiger partial charge >= 0.3 is 12.1 Å². The summed E-state index contributed by atoms with van der Waals surface area (Å²) in [6, 6.07) is 6.06. The van der Waals surface area contributed by atoms with Gasteiger partial charge in [0.15, 0.2) is 17.7 Å². The van der Waals surface area contributed by atoms with Gasteiger partial charge in [0.2, 0.25) is 0 Å². The third-order valence-corrected chi connectivity index (χ3v) is 12.8. The first-order chi connectivity index (χ1) is 28.2. The summed E-state index contributed by atoms with van der Waals surface area (Å²) >= 11 is 0. The second kappa shape index (κ2) is 24.9. The Kier molecular flexibility index (Phi) is 23.4. The van der Waals surface area contributed by atoms with Crippen LogP contribution in [0.25, 0.3) is 11.3 Å². The number of aromatic nitrogens is 3. The molecule has 0 spiro atoms. The van der Waals surface area contributed by atoms with Crippen LogP contribution in [0.4, 0.5) is 14.9 Å². The highest BCUT2D eigenvalue weighted by molar-refractivity contribution is 6.07. The first kappa shape index (κ1) is 61.3. The standard InChI is InChI=1S/C43H68FN7O9.5CH4/c1-12-33-43(8)35(51(40(55)60-43)19-14-13-18-50-24-31(47-48-50)29-16-15-17-30(45)21-29)28(5)46-23-25(2)22-41(6,56-11)37(27(4)36(53)42(7,44)39(54)58-33)59-38-34(52)32(49(9)10)20-26(3)57-38;;;;;/h15-17,21,24-28,32-35,37-38,46,52H,12-14,18-20,22-23,45H2,1-11H3;5*1H4/t25-,26?,27-,28-,32?,33-,34?,35-,37-,38+,41-,42?,43-;;;;;/m1...../s1. The summed E-state index contributed by atoms with van der Waals surface area (Å²) in [7, 11) is 5.20. The first-order valence-electron chi connectivity index (χ1n) is 21.3. The van der Waals surface area contributed by atoms with Crippen molar-refractivity contribution in [1.82, 2.24) is 30.1 Å². The summed E-state index contributed by atoms with van der Waals surface area (Å²) in [6.45, 7) is 14.8. The molecule has 4 N–H and O–H groups in total. The molecule has 1 aromatic carbocycles. The molecule has 65 heavy (non-hydrogen) atoms. The van der Waals surface area contributed by atoms with Crippen LogP contribution < -0.4 is 11.1 Å². The number of amides is 1. The van der Waals surface area contributed by atoms with Crippen molar-refractivity contribution in [3.63, 3.8) is 0 Å². The number of nitrogens with two attached hydrogens (primary N) is 1. The fraction of sp³-hybridized carbons (Fsp3) is 0.771. The van der Waals surface area contributed by atoms with Crippen LogP contribution in [0.5, 0.6) is 0 Å². The molecular weight excluding hydrogens is 838 g/mol. The van der Waals surface area contributed by atoms with E-state index < -0.39 is 77.3 Å². The molecule has 3 aliphatic heterocycles. The number of cyclic esters (lactones) is 1. The first-order valence-corrected chi connectivity index (χ1v) is 21.3. The van der Waals surface area contributed by atoms with Crippen LogP contribution >= 0.6 is 0 Å². The number of ketones is 1. The zero-order valence-corrected chi connectivity index (χ0v) is 37.2. The van der Waals surface area contributed by atoms with E-state index in [4.69, 9.17) is 29.4 Å². The van der Waals surface area contributed by atoms with Gasteiger partial charge in [0.05, 0.1) is 30.0 Å². The van der Waals surface area contributed by atoms with E-state index in [2.05, 4.69) is 15.6 Å². The van der Waals surface area contributed by atoms with Gasteiger partial charge in [-0.1, -0.05) is 75.3 Å². The minimum Gasteiger partial charge on any atom is -0.455 e. The van der Waals surface area contributed by atoms with E-state index in [0.29, 0.717) is 56.7 Å². The topological polar surface area (TPSA) is 193 Å². The molecule has 3 saturated heterocycles. The van der Waals surface area contributed by atoms with E-state index >= 15 is 4.39 Å². The average Bonchev–Trinajstić information content (AvgIpc) is 3.77. The molecule has 2 aromatic rings. The van der Waals surface area contributed by atoms with Crippen molar-refractivity contribution < 1.29 is 47.6 Å². The van der Waals surface area contributed by atoms with Crippen molar-refractivity contribution in [3.8, 4) is 11.3 Å². The zero-order valence-electron chi connectivity index (χ0n) is 37.2. The number of hydrogen-bond donors (Lipinski definition) is 3. The Hall–Kier alpha value is -3.74. The Morgan fingerprint density at radius 3 is 2.28 bits per heavy atom. The smallest absolute Gasteiger partial charge is 0.410 e. The Bertz CT molecular complexity index is 1800. The number of carbonyl (C=O) groups excluding carboxylic acids is 3. The van der Waals surface area contributed by atoms with E-state index in [-0.39, 0.29) is 61.6 Å². The number of benzene rings is 1. The maximum absolute atomic E-state index is 17.0. The number of likely N-dealkylation sites (N-methyl/N-ethyl adjacent to an activating group) is 1. The highest BCUT2D eigenvalue weighted by Gasteiger charge is 2.60. The largest absolute Gasteiger partial charge is 0.455 e. The molecule has 16 nitrogen and oxygen atoms in total. The van der Waals surface area contributed by atoms with Crippen LogP contribution in [-0.4, -0.2) is 148 Å². The number of unbranched alkanes of at least 4 members (excludes halogenated alkanes) is 1. The summed E-state index contributed by atoms with van der Waals surface area (Å²) in [4.78, 5) is 45.6. The molecule has 0 aliphatic carbocycles. The van der Waals surface area contributed by atoms with Gasteiger partial charge in [0.25, 0.3) is 5.67 Å². The Balaban J connectivity index is 0.00000819. The lowest BCUT2D eigenvalue weighted by molar-refractivity contribution is -0.295. The molecule has 0 saturated carbocycles. The van der Waals surface area contributed by atoms with Crippen LogP contribution in [-0.2, 0) is 39.8 Å². The number of hydrogen-bond acceptors (Lipinski definition) is 14. The van der Waals surface area contributed by atoms with Crippen LogP contribution in [0, 0.1) is 11.8 Å². The number of nitrogens with zero attached hydrogens (tertiary/aromatic N) is 5. The van der Waals surface area contributed by atoms with E-state index in [0.717, 1.165) is 12.5 Å². The maximum atomic E-state index is 17.0. The van der Waals surface area contributed by atoms with Gasteiger partial charge in [-0.15, -0.1) is 5.10 Å². The SMILES string of the molecule is C.C.C.C.C.CC[C@H]1OC(=O)C(C)(F)C(=O)[C@@H](C)[C@@H](O[C@@H]2OC(C)CC(N(C)C)C2O)[C@](C)(OC)C[C@@H](C)CN[C@H](C)[C@H]2N(CCCCn3cc(-c4cccc(N)c4)nn3)C(=O)O[C@]12C. The number of halogens is 1. The normalized spacial score (nSPS) is 34.4. The number of anilines is 1. The zero-order chi connectivity index (χ0) is 44.3. The summed E-state index contributed by atoms with van der Waals surface area (Å²) < 4.78 is 49.6. The molecule has 3 fully saturated rings. The summed E-state index contributed by atoms with van der Waals surface area (Å²) in [6.07, 6.45) is -1.26. The number of aliphatic hydroxyl groups excluding tert-OH is 1. The number of nitrogens with one attached hydrogen (secondary N) is 1. The van der Waals surface area contributed by atoms with Gasteiger partial charge in [0.1, 0.15) is 17.9 Å². The Morgan fingerprint density at radius 1 is 1.03 bits per heavy atom. The number of esters is 1. The van der Waals surface area contributed by atoms with Crippen molar-refractivity contribution in [2.45, 2.75) is 197 Å². The average molecular weight is 926 g/mol. The fourth-order valence-electron chi connectivity index (χ4n) is 9.46. The number of ether oxygens (including phenoxy) is 5. The molecule has 0 bridgehead atoms. The van der Waals surface area contributed by atoms with Crippen molar-refractivity contribution >= 4 is 23.5 Å². The third kappa shape index (κ3) is 13.2. The van der Waals surface area contributed by atoms with E-state index in [1.165, 1.54) is 14.0 Å². The minimum absolute atomic E-state index is 0.